The zero-order valence-corrected chi connectivity index (χ0v) is 12.0. The van der Waals surface area contributed by atoms with Crippen molar-refractivity contribution in [2.24, 2.45) is 7.05 Å². The molecule has 0 amide bonds. The van der Waals surface area contributed by atoms with Gasteiger partial charge in [-0.05, 0) is 44.0 Å². The Hall–Kier alpha value is -1.48. The quantitative estimate of drug-likeness (QED) is 0.917. The first kappa shape index (κ1) is 13.0. The zero-order chi connectivity index (χ0) is 13.3. The summed E-state index contributed by atoms with van der Waals surface area (Å²) in [6.45, 7) is 6.82. The number of rotatable bonds is 3. The lowest BCUT2D eigenvalue weighted by Crippen LogP contribution is -2.06. The van der Waals surface area contributed by atoms with Gasteiger partial charge in [-0.3, -0.25) is 4.68 Å². The van der Waals surface area contributed by atoms with Gasteiger partial charge in [-0.15, -0.1) is 0 Å². The topological polar surface area (TPSA) is 29.9 Å². The van der Waals surface area contributed by atoms with Crippen molar-refractivity contribution in [2.75, 3.05) is 5.32 Å². The van der Waals surface area contributed by atoms with E-state index in [1.165, 1.54) is 11.1 Å². The normalized spacial score (nSPS) is 10.7. The molecular formula is C14H18ClN3. The maximum Gasteiger partial charge on any atom is 0.0865 e. The number of benzene rings is 1. The van der Waals surface area contributed by atoms with Crippen LogP contribution in [0.3, 0.4) is 0 Å². The second-order valence-electron chi connectivity index (χ2n) is 4.62. The molecule has 2 rings (SSSR count). The predicted octanol–water partition coefficient (Wildman–Crippen LogP) is 3.61. The first-order valence-corrected chi connectivity index (χ1v) is 6.36. The molecule has 0 saturated carbocycles. The highest BCUT2D eigenvalue weighted by Gasteiger charge is 2.10. The van der Waals surface area contributed by atoms with Crippen molar-refractivity contribution in [3.63, 3.8) is 0 Å². The van der Waals surface area contributed by atoms with E-state index >= 15 is 0 Å². The fourth-order valence-corrected chi connectivity index (χ4v) is 2.14. The highest BCUT2D eigenvalue weighted by molar-refractivity contribution is 6.31. The molecule has 0 saturated heterocycles. The molecule has 2 aromatic rings. The maximum atomic E-state index is 6.21. The number of hydrogen-bond acceptors (Lipinski definition) is 2. The highest BCUT2D eigenvalue weighted by atomic mass is 35.5. The number of anilines is 1. The van der Waals surface area contributed by atoms with Gasteiger partial charge in [-0.25, -0.2) is 0 Å². The van der Waals surface area contributed by atoms with Crippen LogP contribution >= 0.6 is 11.6 Å². The molecule has 18 heavy (non-hydrogen) atoms. The van der Waals surface area contributed by atoms with Gasteiger partial charge in [-0.2, -0.15) is 5.10 Å². The van der Waals surface area contributed by atoms with E-state index in [-0.39, 0.29) is 0 Å². The van der Waals surface area contributed by atoms with E-state index in [0.717, 1.165) is 22.1 Å². The Morgan fingerprint density at radius 2 is 1.94 bits per heavy atom. The summed E-state index contributed by atoms with van der Waals surface area (Å²) in [7, 11) is 1.91. The molecule has 1 aromatic carbocycles. The number of hydrogen-bond donors (Lipinski definition) is 1. The molecule has 1 N–H and O–H groups in total. The molecule has 3 nitrogen and oxygen atoms in total. The van der Waals surface area contributed by atoms with Gasteiger partial charge in [0.1, 0.15) is 0 Å². The molecule has 0 spiro atoms. The first-order valence-electron chi connectivity index (χ1n) is 5.98. The molecule has 0 aliphatic heterocycles. The van der Waals surface area contributed by atoms with Crippen LogP contribution in [0.2, 0.25) is 5.02 Å². The van der Waals surface area contributed by atoms with Crippen LogP contribution in [0.1, 0.15) is 22.5 Å². The fourth-order valence-electron chi connectivity index (χ4n) is 1.91. The lowest BCUT2D eigenvalue weighted by atomic mass is 10.1. The minimum Gasteiger partial charge on any atom is -0.379 e. The molecule has 1 aromatic heterocycles. The lowest BCUT2D eigenvalue weighted by molar-refractivity contribution is 0.713. The summed E-state index contributed by atoms with van der Waals surface area (Å²) < 4.78 is 1.83. The van der Waals surface area contributed by atoms with Crippen molar-refractivity contribution in [1.29, 1.82) is 0 Å². The Kier molecular flexibility index (Phi) is 3.62. The Balaban J connectivity index is 2.14. The number of nitrogens with zero attached hydrogens (tertiary/aromatic N) is 2. The summed E-state index contributed by atoms with van der Waals surface area (Å²) in [6.07, 6.45) is 0. The van der Waals surface area contributed by atoms with Crippen molar-refractivity contribution in [1.82, 2.24) is 9.78 Å². The van der Waals surface area contributed by atoms with E-state index in [1.54, 1.807) is 0 Å². The number of halogens is 1. The maximum absolute atomic E-state index is 6.21. The number of aryl methyl sites for hydroxylation is 4. The summed E-state index contributed by atoms with van der Waals surface area (Å²) in [5, 5.41) is 8.42. The lowest BCUT2D eigenvalue weighted by Gasteiger charge is -2.09. The number of aromatic nitrogens is 2. The second kappa shape index (κ2) is 5.02. The summed E-state index contributed by atoms with van der Waals surface area (Å²) >= 11 is 6.21. The zero-order valence-electron chi connectivity index (χ0n) is 11.2. The van der Waals surface area contributed by atoms with Crippen LogP contribution in [0, 0.1) is 20.8 Å². The molecule has 0 atom stereocenters. The molecule has 0 aliphatic carbocycles. The number of nitrogens with one attached hydrogen (secondary N) is 1. The minimum atomic E-state index is 0.679. The minimum absolute atomic E-state index is 0.679. The van der Waals surface area contributed by atoms with Gasteiger partial charge in [0.05, 0.1) is 23.0 Å². The van der Waals surface area contributed by atoms with Gasteiger partial charge in [0.15, 0.2) is 0 Å². The third kappa shape index (κ3) is 2.51. The SMILES string of the molecule is Cc1ccc(NCc2c(Cl)c(C)nn2C)cc1C. The molecule has 0 aliphatic rings. The monoisotopic (exact) mass is 263 g/mol. The molecule has 96 valence electrons. The smallest absolute Gasteiger partial charge is 0.0865 e. The summed E-state index contributed by atoms with van der Waals surface area (Å²) in [5.74, 6) is 0. The van der Waals surface area contributed by atoms with E-state index in [4.69, 9.17) is 11.6 Å². The van der Waals surface area contributed by atoms with E-state index < -0.39 is 0 Å². The third-order valence-electron chi connectivity index (χ3n) is 3.23. The van der Waals surface area contributed by atoms with Gasteiger partial charge in [0.25, 0.3) is 0 Å². The molecule has 0 unspecified atom stereocenters. The van der Waals surface area contributed by atoms with E-state index in [1.807, 2.05) is 18.7 Å². The van der Waals surface area contributed by atoms with Crippen molar-refractivity contribution in [3.05, 3.63) is 45.7 Å². The average molecular weight is 264 g/mol. The van der Waals surface area contributed by atoms with Crippen LogP contribution < -0.4 is 5.32 Å². The largest absolute Gasteiger partial charge is 0.379 e. The first-order chi connectivity index (χ1) is 8.49. The van der Waals surface area contributed by atoms with E-state index in [0.29, 0.717) is 6.54 Å². The van der Waals surface area contributed by atoms with Crippen molar-refractivity contribution in [3.8, 4) is 0 Å². The predicted molar refractivity (Wildman–Crippen MR) is 76.2 cm³/mol. The van der Waals surface area contributed by atoms with Crippen LogP contribution in [-0.2, 0) is 13.6 Å². The van der Waals surface area contributed by atoms with Crippen molar-refractivity contribution < 1.29 is 0 Å². The van der Waals surface area contributed by atoms with Gasteiger partial charge in [-0.1, -0.05) is 17.7 Å². The van der Waals surface area contributed by atoms with Crippen molar-refractivity contribution in [2.45, 2.75) is 27.3 Å². The average Bonchev–Trinajstić information content (AvgIpc) is 2.56. The van der Waals surface area contributed by atoms with Crippen LogP contribution in [0.15, 0.2) is 18.2 Å². The Morgan fingerprint density at radius 1 is 1.22 bits per heavy atom. The van der Waals surface area contributed by atoms with E-state index in [9.17, 15) is 0 Å². The van der Waals surface area contributed by atoms with Gasteiger partial charge >= 0.3 is 0 Å². The Morgan fingerprint density at radius 3 is 2.50 bits per heavy atom. The van der Waals surface area contributed by atoms with Crippen LogP contribution in [0.4, 0.5) is 5.69 Å². The van der Waals surface area contributed by atoms with Crippen LogP contribution in [0.5, 0.6) is 0 Å². The summed E-state index contributed by atoms with van der Waals surface area (Å²) in [6, 6.07) is 6.35. The van der Waals surface area contributed by atoms with Crippen molar-refractivity contribution >= 4 is 17.3 Å². The highest BCUT2D eigenvalue weighted by Crippen LogP contribution is 2.21. The molecular weight excluding hydrogens is 246 g/mol. The van der Waals surface area contributed by atoms with Gasteiger partial charge in [0, 0.05) is 12.7 Å². The fraction of sp³-hybridized carbons (Fsp3) is 0.357. The summed E-state index contributed by atoms with van der Waals surface area (Å²) in [5.41, 5.74) is 5.57. The molecule has 1 heterocycles. The van der Waals surface area contributed by atoms with Gasteiger partial charge in [0.2, 0.25) is 0 Å². The third-order valence-corrected chi connectivity index (χ3v) is 3.72. The molecule has 0 fully saturated rings. The standard InChI is InChI=1S/C14H18ClN3/c1-9-5-6-12(7-10(9)2)16-8-13-14(15)11(3)17-18(13)4/h5-7,16H,8H2,1-4H3. The summed E-state index contributed by atoms with van der Waals surface area (Å²) in [4.78, 5) is 0. The van der Waals surface area contributed by atoms with E-state index in [2.05, 4.69) is 42.5 Å². The molecule has 0 radical (unpaired) electrons. The Labute approximate surface area is 113 Å². The van der Waals surface area contributed by atoms with Crippen LogP contribution in [0.25, 0.3) is 0 Å². The molecule has 0 bridgehead atoms. The second-order valence-corrected chi connectivity index (χ2v) is 5.00. The Bertz CT molecular complexity index is 573. The van der Waals surface area contributed by atoms with Crippen LogP contribution in [-0.4, -0.2) is 9.78 Å². The van der Waals surface area contributed by atoms with Gasteiger partial charge < -0.3 is 5.32 Å². The molecule has 4 heteroatoms.